The Morgan fingerprint density at radius 1 is 1.16 bits per heavy atom. The number of hydrogen-bond acceptors (Lipinski definition) is 5. The molecule has 0 saturated heterocycles. The highest BCUT2D eigenvalue weighted by atomic mass is 32.1. The minimum atomic E-state index is -0.547. The Morgan fingerprint density at radius 3 is 2.68 bits per heavy atom. The minimum Gasteiger partial charge on any atom is -0.380 e. The van der Waals surface area contributed by atoms with Gasteiger partial charge in [-0.1, -0.05) is 12.1 Å². The molecule has 0 atom stereocenters. The fourth-order valence-electron chi connectivity index (χ4n) is 2.36. The number of hydrazine groups is 1. The van der Waals surface area contributed by atoms with Crippen molar-refractivity contribution in [2.24, 2.45) is 0 Å². The van der Waals surface area contributed by atoms with Crippen LogP contribution >= 0.6 is 11.3 Å². The molecule has 1 aromatic carbocycles. The smallest absolute Gasteiger partial charge is 0.288 e. The number of nitrogens with zero attached hydrogens (tertiary/aromatic N) is 1. The molecule has 0 bridgehead atoms. The van der Waals surface area contributed by atoms with E-state index in [1.165, 1.54) is 25.4 Å². The molecule has 0 unspecified atom stereocenters. The molecule has 2 heterocycles. The molecule has 2 aromatic heterocycles. The lowest BCUT2D eigenvalue weighted by Crippen LogP contribution is -2.41. The summed E-state index contributed by atoms with van der Waals surface area (Å²) >= 11 is 1.13. The molecular weight excluding hydrogens is 345 g/mol. The van der Waals surface area contributed by atoms with Gasteiger partial charge in [-0.25, -0.2) is 4.39 Å². The van der Waals surface area contributed by atoms with E-state index in [1.807, 2.05) is 0 Å². The van der Waals surface area contributed by atoms with Crippen LogP contribution in [0.1, 0.15) is 25.7 Å². The molecule has 3 aromatic rings. The summed E-state index contributed by atoms with van der Waals surface area (Å²) in [5.74, 6) is -1.51. The number of aromatic nitrogens is 1. The molecule has 8 heteroatoms. The van der Waals surface area contributed by atoms with Crippen molar-refractivity contribution in [3.63, 3.8) is 0 Å². The number of halogens is 1. The third kappa shape index (κ3) is 3.49. The van der Waals surface area contributed by atoms with Crippen LogP contribution in [0.5, 0.6) is 0 Å². The first-order valence-electron chi connectivity index (χ1n) is 7.32. The second-order valence-corrected chi connectivity index (χ2v) is 6.13. The maximum atomic E-state index is 14.1. The summed E-state index contributed by atoms with van der Waals surface area (Å²) in [5.41, 5.74) is 5.25. The molecule has 25 heavy (non-hydrogen) atoms. The molecule has 0 aliphatic rings. The SMILES string of the molecule is COCc1c(C(=O)NNC(=O)c2ccccn2)sc2cccc(F)c12. The fourth-order valence-corrected chi connectivity index (χ4v) is 3.48. The summed E-state index contributed by atoms with van der Waals surface area (Å²) in [4.78, 5) is 28.6. The summed E-state index contributed by atoms with van der Waals surface area (Å²) in [5, 5.41) is 0.357. The summed E-state index contributed by atoms with van der Waals surface area (Å²) in [6.45, 7) is 0.0812. The number of rotatable bonds is 4. The van der Waals surface area contributed by atoms with Crippen LogP contribution in [0.3, 0.4) is 0 Å². The number of nitrogens with one attached hydrogen (secondary N) is 2. The number of amides is 2. The third-order valence-corrected chi connectivity index (χ3v) is 4.64. The highest BCUT2D eigenvalue weighted by molar-refractivity contribution is 7.21. The van der Waals surface area contributed by atoms with Gasteiger partial charge in [-0.3, -0.25) is 25.4 Å². The maximum Gasteiger partial charge on any atom is 0.288 e. The highest BCUT2D eigenvalue weighted by Crippen LogP contribution is 2.33. The lowest BCUT2D eigenvalue weighted by atomic mass is 10.1. The molecular formula is C17H14FN3O3S. The van der Waals surface area contributed by atoms with Crippen molar-refractivity contribution in [2.45, 2.75) is 6.61 Å². The van der Waals surface area contributed by atoms with Gasteiger partial charge in [0, 0.05) is 29.0 Å². The number of carbonyl (C=O) groups excluding carboxylic acids is 2. The Kier molecular flexibility index (Phi) is 5.01. The van der Waals surface area contributed by atoms with Gasteiger partial charge in [-0.05, 0) is 24.3 Å². The second-order valence-electron chi connectivity index (χ2n) is 5.08. The Labute approximate surface area is 146 Å². The number of methoxy groups -OCH3 is 1. The summed E-state index contributed by atoms with van der Waals surface area (Å²) in [6.07, 6.45) is 1.47. The summed E-state index contributed by atoms with van der Waals surface area (Å²) < 4.78 is 19.9. The predicted molar refractivity (Wildman–Crippen MR) is 91.7 cm³/mol. The molecule has 0 radical (unpaired) electrons. The van der Waals surface area contributed by atoms with E-state index in [-0.39, 0.29) is 17.2 Å². The Hall–Kier alpha value is -2.84. The van der Waals surface area contributed by atoms with Crippen LogP contribution in [0.15, 0.2) is 42.6 Å². The second kappa shape index (κ2) is 7.37. The van der Waals surface area contributed by atoms with E-state index in [0.29, 0.717) is 15.6 Å². The molecule has 3 rings (SSSR count). The Balaban J connectivity index is 1.83. The van der Waals surface area contributed by atoms with Gasteiger partial charge in [0.2, 0.25) is 0 Å². The molecule has 0 spiro atoms. The quantitative estimate of drug-likeness (QED) is 0.702. The van der Waals surface area contributed by atoms with Gasteiger partial charge in [-0.2, -0.15) is 0 Å². The average molecular weight is 359 g/mol. The van der Waals surface area contributed by atoms with Crippen molar-refractivity contribution >= 4 is 33.2 Å². The largest absolute Gasteiger partial charge is 0.380 e. The van der Waals surface area contributed by atoms with E-state index < -0.39 is 17.6 Å². The molecule has 0 aliphatic heterocycles. The monoisotopic (exact) mass is 359 g/mol. The van der Waals surface area contributed by atoms with Crippen molar-refractivity contribution in [3.05, 3.63) is 64.5 Å². The highest BCUT2D eigenvalue weighted by Gasteiger charge is 2.21. The summed E-state index contributed by atoms with van der Waals surface area (Å²) in [7, 11) is 1.47. The number of fused-ring (bicyclic) bond motifs is 1. The zero-order valence-corrected chi connectivity index (χ0v) is 14.0. The molecule has 0 aliphatic carbocycles. The van der Waals surface area contributed by atoms with Gasteiger partial charge in [0.1, 0.15) is 16.4 Å². The number of carbonyl (C=O) groups is 2. The van der Waals surface area contributed by atoms with E-state index in [9.17, 15) is 14.0 Å². The minimum absolute atomic E-state index is 0.0812. The lowest BCUT2D eigenvalue weighted by Gasteiger charge is -2.07. The normalized spacial score (nSPS) is 10.6. The van der Waals surface area contributed by atoms with Gasteiger partial charge in [0.25, 0.3) is 11.8 Å². The Bertz CT molecular complexity index is 928. The van der Waals surface area contributed by atoms with Crippen LogP contribution < -0.4 is 10.9 Å². The molecule has 0 saturated carbocycles. The zero-order chi connectivity index (χ0) is 17.8. The van der Waals surface area contributed by atoms with Crippen molar-refractivity contribution in [1.82, 2.24) is 15.8 Å². The van der Waals surface area contributed by atoms with E-state index in [4.69, 9.17) is 4.74 Å². The first kappa shape index (κ1) is 17.0. The standard InChI is InChI=1S/C17H14FN3O3S/c1-24-9-10-14-11(18)5-4-7-13(14)25-15(10)17(23)21-20-16(22)12-6-2-3-8-19-12/h2-8H,9H2,1H3,(H,20,22)(H,21,23). The van der Waals surface area contributed by atoms with Gasteiger partial charge in [0.15, 0.2) is 0 Å². The van der Waals surface area contributed by atoms with Crippen LogP contribution in [0.25, 0.3) is 10.1 Å². The van der Waals surface area contributed by atoms with Gasteiger partial charge < -0.3 is 4.74 Å². The third-order valence-electron chi connectivity index (χ3n) is 3.45. The van der Waals surface area contributed by atoms with Gasteiger partial charge in [0.05, 0.1) is 6.61 Å². The van der Waals surface area contributed by atoms with Crippen molar-refractivity contribution < 1.29 is 18.7 Å². The first-order valence-corrected chi connectivity index (χ1v) is 8.14. The van der Waals surface area contributed by atoms with Crippen LogP contribution in [0.2, 0.25) is 0 Å². The fraction of sp³-hybridized carbons (Fsp3) is 0.118. The number of thiophene rings is 1. The molecule has 128 valence electrons. The molecule has 0 fully saturated rings. The van der Waals surface area contributed by atoms with Crippen molar-refractivity contribution in [1.29, 1.82) is 0 Å². The zero-order valence-electron chi connectivity index (χ0n) is 13.2. The van der Waals surface area contributed by atoms with E-state index in [2.05, 4.69) is 15.8 Å². The van der Waals surface area contributed by atoms with Crippen LogP contribution in [-0.4, -0.2) is 23.9 Å². The summed E-state index contributed by atoms with van der Waals surface area (Å²) in [6, 6.07) is 9.50. The lowest BCUT2D eigenvalue weighted by molar-refractivity contribution is 0.0844. The number of benzene rings is 1. The Morgan fingerprint density at radius 2 is 1.96 bits per heavy atom. The van der Waals surface area contributed by atoms with E-state index >= 15 is 0 Å². The average Bonchev–Trinajstić information content (AvgIpc) is 3.00. The van der Waals surface area contributed by atoms with E-state index in [1.54, 1.807) is 24.3 Å². The van der Waals surface area contributed by atoms with Gasteiger partial charge in [-0.15, -0.1) is 11.3 Å². The molecule has 6 nitrogen and oxygen atoms in total. The predicted octanol–water partition coefficient (Wildman–Crippen LogP) is 2.66. The number of pyridine rings is 1. The van der Waals surface area contributed by atoms with Crippen LogP contribution in [0, 0.1) is 5.82 Å². The maximum absolute atomic E-state index is 14.1. The van der Waals surface area contributed by atoms with Gasteiger partial charge >= 0.3 is 0 Å². The van der Waals surface area contributed by atoms with Crippen molar-refractivity contribution in [3.8, 4) is 0 Å². The number of ether oxygens (including phenoxy) is 1. The van der Waals surface area contributed by atoms with Crippen LogP contribution in [-0.2, 0) is 11.3 Å². The number of hydrogen-bond donors (Lipinski definition) is 2. The molecule has 2 N–H and O–H groups in total. The molecule has 2 amide bonds. The first-order chi connectivity index (χ1) is 12.1. The van der Waals surface area contributed by atoms with E-state index in [0.717, 1.165) is 11.3 Å². The topological polar surface area (TPSA) is 80.3 Å². The van der Waals surface area contributed by atoms with Crippen molar-refractivity contribution in [2.75, 3.05) is 7.11 Å². The van der Waals surface area contributed by atoms with Crippen LogP contribution in [0.4, 0.5) is 4.39 Å².